The molecule has 8 fully saturated rings. The number of aliphatic hydroxyl groups excluding tert-OH is 12. The van der Waals surface area contributed by atoms with Crippen molar-refractivity contribution in [1.29, 1.82) is 0 Å². The molecule has 394 valence electrons. The van der Waals surface area contributed by atoms with Gasteiger partial charge < -0.3 is 99.5 Å². The zero-order valence-electron chi connectivity index (χ0n) is 40.7. The molecule has 4 aliphatic carbocycles. The third-order valence-corrected chi connectivity index (χ3v) is 19.5. The lowest BCUT2D eigenvalue weighted by Crippen LogP contribution is -2.71. The van der Waals surface area contributed by atoms with Crippen molar-refractivity contribution >= 4 is 0 Å². The molecule has 0 bridgehead atoms. The molecule has 20 heteroatoms. The molecule has 8 aliphatic rings. The van der Waals surface area contributed by atoms with Crippen LogP contribution in [0.3, 0.4) is 0 Å². The fourth-order valence-corrected chi connectivity index (χ4v) is 15.5. The maximum atomic E-state index is 12.5. The minimum Gasteiger partial charge on any atom is -0.394 e. The summed E-state index contributed by atoms with van der Waals surface area (Å²) >= 11 is 0. The molecule has 4 aliphatic heterocycles. The van der Waals surface area contributed by atoms with Crippen LogP contribution in [0.2, 0.25) is 0 Å². The molecule has 13 N–H and O–H groups in total. The largest absolute Gasteiger partial charge is 0.394 e. The van der Waals surface area contributed by atoms with Gasteiger partial charge in [0.05, 0.1) is 55.4 Å². The standard InChI is InChI=1S/C48H82O20/c1-43(2)27(52)10-12-45(5)26-15-21(51)29-20(48(8)14-11-28(68-48)44(3,4)61)9-13-46(29,6)47(26,7)16-22(39(43)45)63-42-38(67-41-37(60)34(57)31(54)24(18-50)65-41)35(58)32(55)25(66-42)19-62-40-36(59)33(56)30(53)23(17-49)64-40/h20-42,49-61H,9-19H2,1-8H3/t20-,21+,22-,23+,24+,25+,26+,27-,28-,29-,30-,31-,32-,33-,34-,35-,36+,37+,38+,39-,40-,41-,42+,45+,46+,47+,48-/m0/s1. The van der Waals surface area contributed by atoms with Gasteiger partial charge in [-0.25, -0.2) is 0 Å². The van der Waals surface area contributed by atoms with Crippen LogP contribution in [0.25, 0.3) is 0 Å². The predicted molar refractivity (Wildman–Crippen MR) is 234 cm³/mol. The van der Waals surface area contributed by atoms with Crippen LogP contribution in [0.5, 0.6) is 0 Å². The predicted octanol–water partition coefficient (Wildman–Crippen LogP) is -1.84. The fraction of sp³-hybridized carbons (Fsp3) is 1.00. The van der Waals surface area contributed by atoms with Gasteiger partial charge in [0.25, 0.3) is 0 Å². The second-order valence-electron chi connectivity index (χ2n) is 24.1. The lowest BCUT2D eigenvalue weighted by molar-refractivity contribution is -0.387. The maximum Gasteiger partial charge on any atom is 0.187 e. The van der Waals surface area contributed by atoms with Gasteiger partial charge in [0.15, 0.2) is 18.9 Å². The Morgan fingerprint density at radius 1 is 0.603 bits per heavy atom. The summed E-state index contributed by atoms with van der Waals surface area (Å²) in [6, 6.07) is 0. The molecule has 4 saturated carbocycles. The summed E-state index contributed by atoms with van der Waals surface area (Å²) in [7, 11) is 0. The first-order valence-corrected chi connectivity index (χ1v) is 24.9. The van der Waals surface area contributed by atoms with Crippen molar-refractivity contribution in [2.75, 3.05) is 19.8 Å². The normalized spacial score (nSPS) is 56.2. The van der Waals surface area contributed by atoms with Gasteiger partial charge in [0.1, 0.15) is 73.2 Å². The van der Waals surface area contributed by atoms with Gasteiger partial charge in [-0.15, -0.1) is 0 Å². The number of hydrogen-bond acceptors (Lipinski definition) is 20. The molecule has 27 atom stereocenters. The van der Waals surface area contributed by atoms with E-state index in [0.29, 0.717) is 32.1 Å². The van der Waals surface area contributed by atoms with E-state index in [1.807, 2.05) is 13.8 Å². The van der Waals surface area contributed by atoms with E-state index in [-0.39, 0.29) is 23.9 Å². The number of fused-ring (bicyclic) bond motifs is 5. The molecule has 4 saturated heterocycles. The van der Waals surface area contributed by atoms with Crippen LogP contribution in [-0.2, 0) is 33.2 Å². The summed E-state index contributed by atoms with van der Waals surface area (Å²) in [5.74, 6) is -0.676. The first-order valence-electron chi connectivity index (χ1n) is 24.9. The molecule has 8 rings (SSSR count). The van der Waals surface area contributed by atoms with E-state index in [1.54, 1.807) is 13.8 Å². The van der Waals surface area contributed by atoms with Crippen molar-refractivity contribution in [2.45, 2.75) is 234 Å². The molecule has 0 amide bonds. The van der Waals surface area contributed by atoms with Crippen LogP contribution in [0.4, 0.5) is 0 Å². The van der Waals surface area contributed by atoms with Crippen LogP contribution < -0.4 is 0 Å². The molecule has 0 radical (unpaired) electrons. The van der Waals surface area contributed by atoms with Crippen molar-refractivity contribution in [3.63, 3.8) is 0 Å². The summed E-state index contributed by atoms with van der Waals surface area (Å²) in [6.45, 7) is 14.3. The molecule has 0 aromatic carbocycles. The van der Waals surface area contributed by atoms with Crippen molar-refractivity contribution in [2.24, 2.45) is 45.3 Å². The van der Waals surface area contributed by atoms with Crippen molar-refractivity contribution in [3.8, 4) is 0 Å². The molecular weight excluding hydrogens is 897 g/mol. The van der Waals surface area contributed by atoms with Crippen molar-refractivity contribution < 1.29 is 99.5 Å². The summed E-state index contributed by atoms with van der Waals surface area (Å²) in [5.41, 5.74) is -4.00. The fourth-order valence-electron chi connectivity index (χ4n) is 15.5. The topological polar surface area (TPSA) is 328 Å². The molecule has 20 nitrogen and oxygen atoms in total. The first-order chi connectivity index (χ1) is 31.6. The van der Waals surface area contributed by atoms with Crippen LogP contribution in [0.1, 0.15) is 107 Å². The average molecular weight is 979 g/mol. The van der Waals surface area contributed by atoms with Crippen LogP contribution in [0, 0.1) is 45.3 Å². The van der Waals surface area contributed by atoms with Gasteiger partial charge in [-0.05, 0) is 117 Å². The third-order valence-electron chi connectivity index (χ3n) is 19.5. The Kier molecular flexibility index (Phi) is 14.8. The molecule has 0 spiro atoms. The lowest BCUT2D eigenvalue weighted by atomic mass is 9.34. The highest BCUT2D eigenvalue weighted by Crippen LogP contribution is 2.76. The Bertz CT molecular complexity index is 1750. The quantitative estimate of drug-likeness (QED) is 0.101. The zero-order chi connectivity index (χ0) is 50.0. The van der Waals surface area contributed by atoms with E-state index in [9.17, 15) is 66.4 Å². The number of rotatable bonds is 11. The Balaban J connectivity index is 1.15. The van der Waals surface area contributed by atoms with Gasteiger partial charge in [-0.1, -0.05) is 34.6 Å². The van der Waals surface area contributed by atoms with Gasteiger partial charge in [0.2, 0.25) is 0 Å². The summed E-state index contributed by atoms with van der Waals surface area (Å²) in [4.78, 5) is 0. The molecule has 4 heterocycles. The SMILES string of the molecule is CC(C)(O)[C@@H]1CC[C@@](C)([C@H]2CC[C@]3(C)[C@@H]2[C@H](O)C[C@@H]2[C@@]4(C)CC[C@H](O)C(C)(C)[C@@H]4[C@@H](O[C@@H]4O[C@H](CO[C@H]5O[C@H](CO)[C@H](O)[C@H](O)[C@H]5O)[C@H](O)[C@H](O)[C@H]4O[C@@H]4O[C@H](CO)[C@H](O)[C@H](O)[C@H]4O)C[C@]23C)O1. The molecule has 0 aromatic heterocycles. The minimum absolute atomic E-state index is 0.0266. The van der Waals surface area contributed by atoms with Gasteiger partial charge in [-0.2, -0.15) is 0 Å². The van der Waals surface area contributed by atoms with E-state index >= 15 is 0 Å². The number of ether oxygens (including phenoxy) is 7. The smallest absolute Gasteiger partial charge is 0.187 e. The van der Waals surface area contributed by atoms with Crippen molar-refractivity contribution in [3.05, 3.63) is 0 Å². The summed E-state index contributed by atoms with van der Waals surface area (Å²) < 4.78 is 43.7. The van der Waals surface area contributed by atoms with E-state index < -0.39 is 169 Å². The van der Waals surface area contributed by atoms with E-state index in [0.717, 1.165) is 19.3 Å². The molecule has 0 unspecified atom stereocenters. The Morgan fingerprint density at radius 2 is 1.18 bits per heavy atom. The van der Waals surface area contributed by atoms with E-state index in [1.165, 1.54) is 0 Å². The van der Waals surface area contributed by atoms with Crippen LogP contribution in [0.15, 0.2) is 0 Å². The summed E-state index contributed by atoms with van der Waals surface area (Å²) in [6.07, 6.45) is -22.9. The Hall–Kier alpha value is -0.800. The maximum absolute atomic E-state index is 12.5. The first kappa shape index (κ1) is 53.5. The van der Waals surface area contributed by atoms with E-state index in [2.05, 4.69) is 27.7 Å². The second kappa shape index (κ2) is 18.8. The minimum atomic E-state index is -1.90. The van der Waals surface area contributed by atoms with Crippen LogP contribution in [-0.4, -0.2) is 214 Å². The zero-order valence-corrected chi connectivity index (χ0v) is 40.7. The van der Waals surface area contributed by atoms with Gasteiger partial charge >= 0.3 is 0 Å². The van der Waals surface area contributed by atoms with E-state index in [4.69, 9.17) is 33.2 Å². The second-order valence-corrected chi connectivity index (χ2v) is 24.1. The van der Waals surface area contributed by atoms with Crippen molar-refractivity contribution in [1.82, 2.24) is 0 Å². The highest BCUT2D eigenvalue weighted by molar-refractivity contribution is 5.22. The lowest BCUT2D eigenvalue weighted by Gasteiger charge is -2.72. The van der Waals surface area contributed by atoms with Crippen LogP contribution >= 0.6 is 0 Å². The average Bonchev–Trinajstić information content (AvgIpc) is 3.88. The molecular formula is C48H82O20. The number of hydrogen-bond donors (Lipinski definition) is 13. The Morgan fingerprint density at radius 3 is 1.76 bits per heavy atom. The molecule has 0 aromatic rings. The third kappa shape index (κ3) is 8.56. The molecule has 68 heavy (non-hydrogen) atoms. The van der Waals surface area contributed by atoms with Gasteiger partial charge in [0, 0.05) is 0 Å². The highest BCUT2D eigenvalue weighted by Gasteiger charge is 2.74. The van der Waals surface area contributed by atoms with Gasteiger partial charge in [-0.3, -0.25) is 0 Å². The summed E-state index contributed by atoms with van der Waals surface area (Å²) in [5, 5.41) is 143. The highest BCUT2D eigenvalue weighted by atomic mass is 16.8. The number of aliphatic hydroxyl groups is 13. The monoisotopic (exact) mass is 979 g/mol. The Labute approximate surface area is 398 Å².